The summed E-state index contributed by atoms with van der Waals surface area (Å²) in [5.74, 6) is 1.42. The largest absolute Gasteiger partial charge is 0.494 e. The molecule has 0 saturated carbocycles. The van der Waals surface area contributed by atoms with E-state index in [2.05, 4.69) is 23.8 Å². The normalized spacial score (nSPS) is 16.1. The van der Waals surface area contributed by atoms with Gasteiger partial charge >= 0.3 is 0 Å². The van der Waals surface area contributed by atoms with E-state index < -0.39 is 10.0 Å². The molecular weight excluding hydrogens is 466 g/mol. The second-order valence-corrected chi connectivity index (χ2v) is 11.5. The van der Waals surface area contributed by atoms with E-state index in [4.69, 9.17) is 9.73 Å². The Labute approximate surface area is 206 Å². The molecule has 2 aromatic carbocycles. The predicted molar refractivity (Wildman–Crippen MR) is 138 cm³/mol. The van der Waals surface area contributed by atoms with Crippen molar-refractivity contribution in [3.63, 3.8) is 0 Å². The molecule has 1 aliphatic heterocycles. The highest BCUT2D eigenvalue weighted by molar-refractivity contribution is 7.89. The highest BCUT2D eigenvalue weighted by Gasteiger charge is 2.28. The number of aromatic nitrogens is 1. The first-order chi connectivity index (χ1) is 16.4. The zero-order valence-corrected chi connectivity index (χ0v) is 21.7. The molecule has 3 aromatic rings. The number of thiazole rings is 1. The smallest absolute Gasteiger partial charge is 0.243 e. The van der Waals surface area contributed by atoms with Gasteiger partial charge in [-0.05, 0) is 74.1 Å². The van der Waals surface area contributed by atoms with Crippen LogP contribution < -0.4 is 9.54 Å². The molecule has 1 saturated heterocycles. The Kier molecular flexibility index (Phi) is 7.91. The molecule has 2 heterocycles. The second-order valence-electron chi connectivity index (χ2n) is 8.70. The fourth-order valence-electron chi connectivity index (χ4n) is 4.16. The molecule has 4 rings (SSSR count). The number of benzene rings is 2. The van der Waals surface area contributed by atoms with E-state index in [0.717, 1.165) is 53.3 Å². The van der Waals surface area contributed by atoms with Gasteiger partial charge in [0.25, 0.3) is 0 Å². The van der Waals surface area contributed by atoms with Crippen LogP contribution in [0.5, 0.6) is 5.75 Å². The van der Waals surface area contributed by atoms with Gasteiger partial charge in [-0.15, -0.1) is 11.3 Å². The minimum Gasteiger partial charge on any atom is -0.494 e. The minimum atomic E-state index is -3.45. The van der Waals surface area contributed by atoms with E-state index in [-0.39, 0.29) is 0 Å². The number of hydrogen-bond donors (Lipinski definition) is 0. The molecule has 182 valence electrons. The van der Waals surface area contributed by atoms with Crippen molar-refractivity contribution in [3.8, 4) is 17.0 Å². The van der Waals surface area contributed by atoms with Crippen molar-refractivity contribution in [1.82, 2.24) is 8.87 Å². The molecule has 34 heavy (non-hydrogen) atoms. The quantitative estimate of drug-likeness (QED) is 0.401. The van der Waals surface area contributed by atoms with Crippen LogP contribution in [0.3, 0.4) is 0 Å². The van der Waals surface area contributed by atoms with Crippen molar-refractivity contribution in [2.24, 2.45) is 10.9 Å². The van der Waals surface area contributed by atoms with Gasteiger partial charge in [0, 0.05) is 25.0 Å². The number of hydrogen-bond acceptors (Lipinski definition) is 5. The number of nitrogens with zero attached hydrogens (tertiary/aromatic N) is 3. The van der Waals surface area contributed by atoms with Gasteiger partial charge < -0.3 is 9.30 Å². The first-order valence-corrected chi connectivity index (χ1v) is 14.3. The average Bonchev–Trinajstić information content (AvgIpc) is 3.23. The van der Waals surface area contributed by atoms with Gasteiger partial charge in [-0.25, -0.2) is 13.4 Å². The van der Waals surface area contributed by atoms with Gasteiger partial charge in [-0.3, -0.25) is 0 Å². The summed E-state index contributed by atoms with van der Waals surface area (Å²) >= 11 is 1.59. The van der Waals surface area contributed by atoms with E-state index in [1.807, 2.05) is 43.3 Å². The lowest BCUT2D eigenvalue weighted by Gasteiger charge is -2.29. The van der Waals surface area contributed by atoms with Crippen LogP contribution in [0.4, 0.5) is 5.69 Å². The molecule has 0 spiro atoms. The van der Waals surface area contributed by atoms with Crippen molar-refractivity contribution >= 4 is 27.0 Å². The van der Waals surface area contributed by atoms with Crippen LogP contribution in [0.1, 0.15) is 40.0 Å². The Balaban J connectivity index is 1.61. The lowest BCUT2D eigenvalue weighted by atomic mass is 10.0. The maximum absolute atomic E-state index is 13.1. The van der Waals surface area contributed by atoms with E-state index in [9.17, 15) is 8.42 Å². The molecule has 0 unspecified atom stereocenters. The van der Waals surface area contributed by atoms with Gasteiger partial charge in [0.2, 0.25) is 10.0 Å². The second kappa shape index (κ2) is 10.9. The maximum atomic E-state index is 13.1. The standard InChI is InChI=1S/C26H33N3O3S2/c1-4-16-29-25(19-33-26(29)27-22-8-10-23(11-9-22)32-5-2)21-6-12-24(13-7-21)34(30,31)28-17-14-20(3)15-18-28/h6-13,19-20H,4-5,14-18H2,1-3H3. The van der Waals surface area contributed by atoms with Gasteiger partial charge in [-0.2, -0.15) is 4.31 Å². The van der Waals surface area contributed by atoms with Gasteiger partial charge in [0.1, 0.15) is 5.75 Å². The summed E-state index contributed by atoms with van der Waals surface area (Å²) in [6.45, 7) is 8.96. The van der Waals surface area contributed by atoms with Crippen LogP contribution in [0, 0.1) is 5.92 Å². The van der Waals surface area contributed by atoms with E-state index in [0.29, 0.717) is 30.5 Å². The fourth-order valence-corrected chi connectivity index (χ4v) is 6.58. The van der Waals surface area contributed by atoms with Crippen molar-refractivity contribution in [2.45, 2.75) is 51.5 Å². The van der Waals surface area contributed by atoms with Crippen molar-refractivity contribution in [3.05, 3.63) is 58.7 Å². The SMILES string of the molecule is CCCn1c(-c2ccc(S(=O)(=O)N3CCC(C)CC3)cc2)csc1=Nc1ccc(OCC)cc1. The molecule has 0 atom stereocenters. The Bertz CT molecular complexity index is 1250. The molecule has 1 aromatic heterocycles. The first kappa shape index (κ1) is 24.7. The van der Waals surface area contributed by atoms with Crippen LogP contribution in [0.15, 0.2) is 63.8 Å². The van der Waals surface area contributed by atoms with E-state index in [1.165, 1.54) is 0 Å². The predicted octanol–water partition coefficient (Wildman–Crippen LogP) is 5.68. The monoisotopic (exact) mass is 499 g/mol. The number of ether oxygens (including phenoxy) is 1. The summed E-state index contributed by atoms with van der Waals surface area (Å²) in [7, 11) is -3.45. The van der Waals surface area contributed by atoms with Crippen molar-refractivity contribution < 1.29 is 13.2 Å². The highest BCUT2D eigenvalue weighted by atomic mass is 32.2. The third kappa shape index (κ3) is 5.45. The summed E-state index contributed by atoms with van der Waals surface area (Å²) < 4.78 is 35.5. The Hall–Kier alpha value is -2.42. The minimum absolute atomic E-state index is 0.363. The van der Waals surface area contributed by atoms with Gasteiger partial charge in [0.05, 0.1) is 22.9 Å². The first-order valence-electron chi connectivity index (χ1n) is 12.0. The van der Waals surface area contributed by atoms with E-state index in [1.54, 1.807) is 27.8 Å². The lowest BCUT2D eigenvalue weighted by molar-refractivity contribution is 0.288. The summed E-state index contributed by atoms with van der Waals surface area (Å²) in [6.07, 6.45) is 2.81. The molecular formula is C26H33N3O3S2. The van der Waals surface area contributed by atoms with Crippen LogP contribution in [0.25, 0.3) is 11.3 Å². The fraction of sp³-hybridized carbons (Fsp3) is 0.423. The van der Waals surface area contributed by atoms with Gasteiger partial charge in [-0.1, -0.05) is 26.0 Å². The maximum Gasteiger partial charge on any atom is 0.243 e. The number of rotatable bonds is 8. The number of sulfonamides is 1. The lowest BCUT2D eigenvalue weighted by Crippen LogP contribution is -2.37. The van der Waals surface area contributed by atoms with Crippen LogP contribution in [-0.4, -0.2) is 37.0 Å². The zero-order chi connectivity index (χ0) is 24.1. The molecule has 8 heteroatoms. The third-order valence-electron chi connectivity index (χ3n) is 6.15. The molecule has 0 N–H and O–H groups in total. The highest BCUT2D eigenvalue weighted by Crippen LogP contribution is 2.27. The van der Waals surface area contributed by atoms with E-state index >= 15 is 0 Å². The Morgan fingerprint density at radius 1 is 1.03 bits per heavy atom. The molecule has 6 nitrogen and oxygen atoms in total. The van der Waals surface area contributed by atoms with Crippen molar-refractivity contribution in [1.29, 1.82) is 0 Å². The topological polar surface area (TPSA) is 63.9 Å². The van der Waals surface area contributed by atoms with Crippen LogP contribution in [0.2, 0.25) is 0 Å². The third-order valence-corrected chi connectivity index (χ3v) is 8.92. The summed E-state index contributed by atoms with van der Waals surface area (Å²) in [6, 6.07) is 15.1. The zero-order valence-electron chi connectivity index (χ0n) is 20.1. The average molecular weight is 500 g/mol. The van der Waals surface area contributed by atoms with Crippen LogP contribution in [-0.2, 0) is 16.6 Å². The van der Waals surface area contributed by atoms with Gasteiger partial charge in [0.15, 0.2) is 4.80 Å². The summed E-state index contributed by atoms with van der Waals surface area (Å²) in [4.78, 5) is 6.13. The summed E-state index contributed by atoms with van der Waals surface area (Å²) in [5, 5.41) is 2.10. The Morgan fingerprint density at radius 2 is 1.71 bits per heavy atom. The molecule has 0 amide bonds. The molecule has 0 radical (unpaired) electrons. The molecule has 1 aliphatic rings. The summed E-state index contributed by atoms with van der Waals surface area (Å²) in [5.41, 5.74) is 2.91. The van der Waals surface area contributed by atoms with Crippen LogP contribution >= 0.6 is 11.3 Å². The molecule has 0 aliphatic carbocycles. The molecule has 1 fully saturated rings. The van der Waals surface area contributed by atoms with Crippen molar-refractivity contribution in [2.75, 3.05) is 19.7 Å². The molecule has 0 bridgehead atoms. The number of piperidine rings is 1. The Morgan fingerprint density at radius 3 is 2.32 bits per heavy atom.